The second-order valence-electron chi connectivity index (χ2n) is 7.32. The summed E-state index contributed by atoms with van der Waals surface area (Å²) >= 11 is 0. The van der Waals surface area contributed by atoms with E-state index < -0.39 is 22.0 Å². The molecule has 11 nitrogen and oxygen atoms in total. The Morgan fingerprint density at radius 3 is 2.47 bits per heavy atom. The summed E-state index contributed by atoms with van der Waals surface area (Å²) in [6.07, 6.45) is 1.72. The topological polar surface area (TPSA) is 148 Å². The monoisotopic (exact) mass is 442 g/mol. The molecule has 2 unspecified atom stereocenters. The summed E-state index contributed by atoms with van der Waals surface area (Å²) in [5.74, 6) is -1.80. The molecule has 32 heavy (non-hydrogen) atoms. The molecule has 0 saturated carbocycles. The van der Waals surface area contributed by atoms with Gasteiger partial charge < -0.3 is 24.1 Å². The van der Waals surface area contributed by atoms with Gasteiger partial charge in [0.1, 0.15) is 11.5 Å². The van der Waals surface area contributed by atoms with Gasteiger partial charge >= 0.3 is 6.02 Å². The van der Waals surface area contributed by atoms with Crippen LogP contribution in [-0.2, 0) is 15.2 Å². The quantitative estimate of drug-likeness (QED) is 0.135. The van der Waals surface area contributed by atoms with Crippen molar-refractivity contribution < 1.29 is 29.0 Å². The molecule has 2 N–H and O–H groups in total. The number of non-ortho nitro benzene ring substituents is 1. The number of fused-ring (bicyclic) bond motifs is 1. The van der Waals surface area contributed by atoms with E-state index >= 15 is 0 Å². The average Bonchev–Trinajstić information content (AvgIpc) is 2.77. The van der Waals surface area contributed by atoms with Crippen molar-refractivity contribution in [2.75, 3.05) is 14.2 Å². The molecule has 0 aromatic heterocycles. The number of nitrogens with zero attached hydrogens (tertiary/aromatic N) is 3. The highest BCUT2D eigenvalue weighted by Crippen LogP contribution is 2.54. The van der Waals surface area contributed by atoms with Gasteiger partial charge in [-0.1, -0.05) is 18.2 Å². The third-order valence-electron chi connectivity index (χ3n) is 5.15. The molecule has 0 bridgehead atoms. The van der Waals surface area contributed by atoms with Gasteiger partial charge in [-0.3, -0.25) is 10.1 Å². The molecule has 168 valence electrons. The molecular weight excluding hydrogens is 420 g/mol. The molecule has 2 aromatic rings. The number of nitro benzene ring substituents is 1. The first kappa shape index (κ1) is 23.0. The van der Waals surface area contributed by atoms with E-state index in [1.807, 2.05) is 0 Å². The van der Waals surface area contributed by atoms with Gasteiger partial charge in [0.05, 0.1) is 10.5 Å². The molecular formula is C21H22N4O7. The molecule has 1 aliphatic rings. The first-order valence-electron chi connectivity index (χ1n) is 9.42. The number of aliphatic hydroxyl groups is 1. The minimum absolute atomic E-state index is 0.00627. The van der Waals surface area contributed by atoms with Crippen LogP contribution in [0.5, 0.6) is 11.5 Å². The van der Waals surface area contributed by atoms with Crippen LogP contribution in [0.3, 0.4) is 0 Å². The Morgan fingerprint density at radius 1 is 1.22 bits per heavy atom. The van der Waals surface area contributed by atoms with Gasteiger partial charge in [0.15, 0.2) is 11.8 Å². The maximum atomic E-state index is 11.7. The summed E-state index contributed by atoms with van der Waals surface area (Å²) < 4.78 is 22.7. The fourth-order valence-corrected chi connectivity index (χ4v) is 3.60. The van der Waals surface area contributed by atoms with E-state index in [1.165, 1.54) is 26.4 Å². The Morgan fingerprint density at radius 2 is 1.91 bits per heavy atom. The number of methoxy groups -OCH3 is 2. The Hall–Kier alpha value is -3.72. The van der Waals surface area contributed by atoms with E-state index in [0.717, 1.165) is 6.07 Å². The van der Waals surface area contributed by atoms with Gasteiger partial charge in [-0.25, -0.2) is 5.32 Å². The van der Waals surface area contributed by atoms with Crippen molar-refractivity contribution in [2.45, 2.75) is 31.0 Å². The zero-order valence-electron chi connectivity index (χ0n) is 17.9. The molecule has 0 fully saturated rings. The predicted molar refractivity (Wildman–Crippen MR) is 112 cm³/mol. The van der Waals surface area contributed by atoms with Gasteiger partial charge in [0, 0.05) is 26.4 Å². The number of aliphatic imine (C=N–C) groups is 1. The Balaban J connectivity index is 2.32. The summed E-state index contributed by atoms with van der Waals surface area (Å²) in [5.41, 5.74) is -3.86. The molecule has 0 saturated heterocycles. The fourth-order valence-electron chi connectivity index (χ4n) is 3.60. The Bertz CT molecular complexity index is 1080. The van der Waals surface area contributed by atoms with Crippen LogP contribution in [0, 0.1) is 21.6 Å². The number of hydrogen-bond acceptors (Lipinski definition) is 9. The summed E-state index contributed by atoms with van der Waals surface area (Å²) in [6.45, 7) is 3.08. The third-order valence-corrected chi connectivity index (χ3v) is 5.15. The summed E-state index contributed by atoms with van der Waals surface area (Å²) in [5, 5.41) is 34.6. The zero-order chi connectivity index (χ0) is 23.6. The third kappa shape index (κ3) is 3.60. The van der Waals surface area contributed by atoms with Gasteiger partial charge in [-0.2, -0.15) is 10.3 Å². The van der Waals surface area contributed by atoms with Gasteiger partial charge in [-0.05, 0) is 32.0 Å². The lowest BCUT2D eigenvalue weighted by molar-refractivity contribution is -0.386. The van der Waals surface area contributed by atoms with E-state index in [-0.39, 0.29) is 23.0 Å². The highest BCUT2D eigenvalue weighted by molar-refractivity contribution is 5.78. The predicted octanol–water partition coefficient (Wildman–Crippen LogP) is 2.41. The van der Waals surface area contributed by atoms with Crippen molar-refractivity contribution in [1.82, 2.24) is 5.32 Å². The first-order valence-corrected chi connectivity index (χ1v) is 9.42. The molecule has 0 radical (unpaired) electrons. The number of nitro groups is 1. The van der Waals surface area contributed by atoms with Crippen LogP contribution in [0.2, 0.25) is 0 Å². The molecule has 2 aromatic carbocycles. The van der Waals surface area contributed by atoms with Crippen LogP contribution in [0.25, 0.3) is 0 Å². The second-order valence-corrected chi connectivity index (χ2v) is 7.32. The van der Waals surface area contributed by atoms with Gasteiger partial charge in [-0.15, -0.1) is 0 Å². The van der Waals surface area contributed by atoms with Crippen LogP contribution in [-0.4, -0.2) is 41.7 Å². The lowest BCUT2D eigenvalue weighted by Gasteiger charge is -2.53. The van der Waals surface area contributed by atoms with Crippen molar-refractivity contribution in [1.29, 1.82) is 5.26 Å². The first-order chi connectivity index (χ1) is 15.1. The highest BCUT2D eigenvalue weighted by Gasteiger charge is 2.68. The number of para-hydroxylation sites is 1. The normalized spacial score (nSPS) is 23.9. The van der Waals surface area contributed by atoms with Gasteiger partial charge in [0.25, 0.3) is 17.2 Å². The maximum absolute atomic E-state index is 11.7. The largest absolute Gasteiger partial charge is 0.482 e. The lowest BCUT2D eigenvalue weighted by atomic mass is 9.79. The van der Waals surface area contributed by atoms with Crippen molar-refractivity contribution in [3.63, 3.8) is 0 Å². The van der Waals surface area contributed by atoms with Crippen molar-refractivity contribution in [2.24, 2.45) is 4.99 Å². The zero-order valence-corrected chi connectivity index (χ0v) is 17.9. The molecule has 0 aliphatic carbocycles. The standard InChI is InChI=1S/C21H22N4O7/c1-19(2)21(26,30-4)20(29-3,16-12-14(25(27)28)10-11-17(16)32-19)24-18(23-13-22)31-15-8-6-5-7-9-15/h5-12,26H,1-4H3,(H,23,24). The number of benzene rings is 2. The number of ether oxygens (including phenoxy) is 4. The minimum atomic E-state index is -2.31. The SMILES string of the molecule is COC1(N=C(NC#N)Oc2ccccc2)c2cc([N+](=O)[O-])ccc2OC(C)(C)C1(O)OC. The number of rotatable bonds is 5. The van der Waals surface area contributed by atoms with E-state index in [9.17, 15) is 20.5 Å². The molecule has 2 atom stereocenters. The van der Waals surface area contributed by atoms with E-state index in [0.29, 0.717) is 5.75 Å². The number of hydrogen-bond donors (Lipinski definition) is 2. The van der Waals surface area contributed by atoms with Crippen molar-refractivity contribution >= 4 is 11.7 Å². The molecule has 3 rings (SSSR count). The summed E-state index contributed by atoms with van der Waals surface area (Å²) in [4.78, 5) is 15.2. The maximum Gasteiger partial charge on any atom is 0.307 e. The number of amidine groups is 1. The van der Waals surface area contributed by atoms with E-state index in [2.05, 4.69) is 10.3 Å². The average molecular weight is 442 g/mol. The number of nitriles is 1. The van der Waals surface area contributed by atoms with E-state index in [4.69, 9.17) is 18.9 Å². The minimum Gasteiger partial charge on any atom is -0.482 e. The molecule has 0 amide bonds. The molecule has 11 heteroatoms. The Kier molecular flexibility index (Phi) is 6.05. The van der Waals surface area contributed by atoms with E-state index in [1.54, 1.807) is 50.4 Å². The molecule has 0 spiro atoms. The van der Waals surface area contributed by atoms with Crippen LogP contribution >= 0.6 is 0 Å². The molecule has 1 heterocycles. The van der Waals surface area contributed by atoms with Crippen molar-refractivity contribution in [3.05, 3.63) is 64.2 Å². The van der Waals surface area contributed by atoms with Crippen LogP contribution in [0.15, 0.2) is 53.5 Å². The van der Waals surface area contributed by atoms with Crippen LogP contribution < -0.4 is 14.8 Å². The summed E-state index contributed by atoms with van der Waals surface area (Å²) in [6, 6.07) is 11.9. The molecule has 1 aliphatic heterocycles. The van der Waals surface area contributed by atoms with Crippen LogP contribution in [0.4, 0.5) is 5.69 Å². The number of nitrogens with one attached hydrogen (secondary N) is 1. The van der Waals surface area contributed by atoms with Gasteiger partial charge in [0.2, 0.25) is 0 Å². The van der Waals surface area contributed by atoms with Crippen molar-refractivity contribution in [3.8, 4) is 17.7 Å². The lowest BCUT2D eigenvalue weighted by Crippen LogP contribution is -2.70. The highest BCUT2D eigenvalue weighted by atomic mass is 16.7. The summed E-state index contributed by atoms with van der Waals surface area (Å²) in [7, 11) is 2.45. The fraction of sp³-hybridized carbons (Fsp3) is 0.333. The Labute approximate surface area is 184 Å². The smallest absolute Gasteiger partial charge is 0.307 e. The second kappa shape index (κ2) is 8.43. The van der Waals surface area contributed by atoms with Crippen LogP contribution in [0.1, 0.15) is 19.4 Å².